The summed E-state index contributed by atoms with van der Waals surface area (Å²) in [7, 11) is 0. The summed E-state index contributed by atoms with van der Waals surface area (Å²) in [5.41, 5.74) is 0.503. The third-order valence-corrected chi connectivity index (χ3v) is 3.31. The quantitative estimate of drug-likeness (QED) is 0.687. The van der Waals surface area contributed by atoms with Crippen molar-refractivity contribution in [2.45, 2.75) is 6.61 Å². The van der Waals surface area contributed by atoms with Crippen LogP contribution in [0.15, 0.2) is 46.9 Å². The Bertz CT molecular complexity index is 808. The minimum Gasteiger partial charge on any atom is -0.482 e. The van der Waals surface area contributed by atoms with Gasteiger partial charge in [0.2, 0.25) is 5.89 Å². The molecule has 112 valence electrons. The molecular weight excluding hydrogens is 330 g/mol. The van der Waals surface area contributed by atoms with Gasteiger partial charge in [0.25, 0.3) is 5.89 Å². The van der Waals surface area contributed by atoms with Crippen LogP contribution in [0.2, 0.25) is 10.0 Å². The van der Waals surface area contributed by atoms with E-state index in [4.69, 9.17) is 32.4 Å². The Hall–Kier alpha value is -2.11. The fourth-order valence-corrected chi connectivity index (χ4v) is 2.24. The first kappa shape index (κ1) is 14.8. The van der Waals surface area contributed by atoms with Gasteiger partial charge in [-0.3, -0.25) is 0 Å². The second-order valence-electron chi connectivity index (χ2n) is 4.37. The topological polar surface area (TPSA) is 48.2 Å². The molecule has 1 aromatic heterocycles. The minimum absolute atomic E-state index is 0.0453. The normalized spacial score (nSPS) is 10.7. The van der Waals surface area contributed by atoms with Gasteiger partial charge in [0, 0.05) is 10.6 Å². The molecule has 7 heteroatoms. The van der Waals surface area contributed by atoms with Crippen LogP contribution < -0.4 is 4.74 Å². The molecule has 4 nitrogen and oxygen atoms in total. The smallest absolute Gasteiger partial charge is 0.254 e. The van der Waals surface area contributed by atoms with E-state index >= 15 is 0 Å². The highest BCUT2D eigenvalue weighted by atomic mass is 35.5. The molecular formula is C15H9Cl2FN2O2. The molecule has 0 aliphatic rings. The Morgan fingerprint density at radius 2 is 1.95 bits per heavy atom. The highest BCUT2D eigenvalue weighted by molar-refractivity contribution is 6.35. The Morgan fingerprint density at radius 3 is 2.73 bits per heavy atom. The molecule has 0 N–H and O–H groups in total. The van der Waals surface area contributed by atoms with Crippen LogP contribution in [0.25, 0.3) is 11.5 Å². The summed E-state index contributed by atoms with van der Waals surface area (Å²) in [6, 6.07) is 10.8. The summed E-state index contributed by atoms with van der Waals surface area (Å²) in [5, 5.41) is 8.61. The largest absolute Gasteiger partial charge is 0.482 e. The molecule has 0 aliphatic carbocycles. The van der Waals surface area contributed by atoms with Gasteiger partial charge in [0.1, 0.15) is 11.6 Å². The summed E-state index contributed by atoms with van der Waals surface area (Å²) in [4.78, 5) is 0. The van der Waals surface area contributed by atoms with Crippen molar-refractivity contribution in [3.05, 3.63) is 64.2 Å². The number of aromatic nitrogens is 2. The molecule has 0 bridgehead atoms. The third-order valence-electron chi connectivity index (χ3n) is 2.78. The molecule has 3 aromatic rings. The van der Waals surface area contributed by atoms with Crippen LogP contribution in [-0.2, 0) is 6.61 Å². The Labute approximate surface area is 135 Å². The summed E-state index contributed by atoms with van der Waals surface area (Å²) in [6.07, 6.45) is 0. The van der Waals surface area contributed by atoms with Gasteiger partial charge in [-0.15, -0.1) is 10.2 Å². The van der Waals surface area contributed by atoms with E-state index in [2.05, 4.69) is 10.2 Å². The highest BCUT2D eigenvalue weighted by Crippen LogP contribution is 2.28. The molecule has 0 amide bonds. The molecule has 0 saturated heterocycles. The first-order valence-corrected chi connectivity index (χ1v) is 7.03. The van der Waals surface area contributed by atoms with Gasteiger partial charge in [-0.25, -0.2) is 4.39 Å². The van der Waals surface area contributed by atoms with Crippen LogP contribution in [-0.4, -0.2) is 10.2 Å². The average Bonchev–Trinajstić information content (AvgIpc) is 2.95. The van der Waals surface area contributed by atoms with E-state index in [1.54, 1.807) is 30.3 Å². The highest BCUT2D eigenvalue weighted by Gasteiger charge is 2.11. The molecule has 0 fully saturated rings. The fourth-order valence-electron chi connectivity index (χ4n) is 1.78. The zero-order chi connectivity index (χ0) is 15.5. The number of nitrogens with zero attached hydrogens (tertiary/aromatic N) is 2. The molecule has 2 aromatic carbocycles. The molecule has 0 aliphatic heterocycles. The van der Waals surface area contributed by atoms with Crippen molar-refractivity contribution in [3.8, 4) is 17.2 Å². The van der Waals surface area contributed by atoms with E-state index in [-0.39, 0.29) is 24.2 Å². The first-order valence-electron chi connectivity index (χ1n) is 6.28. The summed E-state index contributed by atoms with van der Waals surface area (Å²) in [6.45, 7) is 0.0453. The maximum absolute atomic E-state index is 13.2. The Kier molecular flexibility index (Phi) is 4.27. The van der Waals surface area contributed by atoms with Gasteiger partial charge in [0.05, 0.1) is 5.02 Å². The first-order chi connectivity index (χ1) is 10.6. The van der Waals surface area contributed by atoms with E-state index in [1.807, 2.05) is 0 Å². The van der Waals surface area contributed by atoms with E-state index in [0.717, 1.165) is 0 Å². The van der Waals surface area contributed by atoms with E-state index in [1.165, 1.54) is 12.1 Å². The van der Waals surface area contributed by atoms with E-state index < -0.39 is 0 Å². The molecule has 0 atom stereocenters. The fraction of sp³-hybridized carbons (Fsp3) is 0.0667. The zero-order valence-corrected chi connectivity index (χ0v) is 12.6. The minimum atomic E-state index is -0.374. The SMILES string of the molecule is Fc1cccc(-c2nnc(COc3ccc(Cl)cc3Cl)o2)c1. The molecule has 0 saturated carbocycles. The van der Waals surface area contributed by atoms with Crippen molar-refractivity contribution in [2.75, 3.05) is 0 Å². The van der Waals surface area contributed by atoms with Crippen molar-refractivity contribution < 1.29 is 13.5 Å². The lowest BCUT2D eigenvalue weighted by atomic mass is 10.2. The predicted octanol–water partition coefficient (Wildman–Crippen LogP) is 4.76. The molecule has 3 rings (SSSR count). The summed E-state index contributed by atoms with van der Waals surface area (Å²) < 4.78 is 24.1. The van der Waals surface area contributed by atoms with Crippen molar-refractivity contribution in [1.82, 2.24) is 10.2 Å². The molecule has 0 unspecified atom stereocenters. The van der Waals surface area contributed by atoms with Gasteiger partial charge in [-0.2, -0.15) is 0 Å². The second-order valence-corrected chi connectivity index (χ2v) is 5.22. The molecule has 0 spiro atoms. The maximum atomic E-state index is 13.2. The van der Waals surface area contributed by atoms with E-state index in [0.29, 0.717) is 21.4 Å². The number of benzene rings is 2. The van der Waals surface area contributed by atoms with Gasteiger partial charge < -0.3 is 9.15 Å². The molecule has 0 radical (unpaired) electrons. The summed E-state index contributed by atoms with van der Waals surface area (Å²) >= 11 is 11.8. The van der Waals surface area contributed by atoms with Crippen molar-refractivity contribution in [1.29, 1.82) is 0 Å². The van der Waals surface area contributed by atoms with Crippen molar-refractivity contribution in [2.24, 2.45) is 0 Å². The van der Waals surface area contributed by atoms with Crippen LogP contribution in [0, 0.1) is 5.82 Å². The second kappa shape index (κ2) is 6.34. The van der Waals surface area contributed by atoms with Crippen LogP contribution in [0.4, 0.5) is 4.39 Å². The lowest BCUT2D eigenvalue weighted by Gasteiger charge is -2.05. The lowest BCUT2D eigenvalue weighted by Crippen LogP contribution is -1.96. The van der Waals surface area contributed by atoms with Crippen LogP contribution in [0.3, 0.4) is 0 Å². The van der Waals surface area contributed by atoms with Crippen LogP contribution >= 0.6 is 23.2 Å². The van der Waals surface area contributed by atoms with Crippen LogP contribution in [0.5, 0.6) is 5.75 Å². The number of hydrogen-bond donors (Lipinski definition) is 0. The zero-order valence-electron chi connectivity index (χ0n) is 11.1. The lowest BCUT2D eigenvalue weighted by molar-refractivity contribution is 0.264. The van der Waals surface area contributed by atoms with Gasteiger partial charge >= 0.3 is 0 Å². The summed E-state index contributed by atoms with van der Waals surface area (Å²) in [5.74, 6) is 0.559. The number of hydrogen-bond acceptors (Lipinski definition) is 4. The average molecular weight is 339 g/mol. The Morgan fingerprint density at radius 1 is 1.09 bits per heavy atom. The number of rotatable bonds is 4. The predicted molar refractivity (Wildman–Crippen MR) is 80.5 cm³/mol. The number of ether oxygens (including phenoxy) is 1. The number of halogens is 3. The van der Waals surface area contributed by atoms with Gasteiger partial charge in [0.15, 0.2) is 6.61 Å². The van der Waals surface area contributed by atoms with Crippen molar-refractivity contribution in [3.63, 3.8) is 0 Å². The van der Waals surface area contributed by atoms with Crippen LogP contribution in [0.1, 0.15) is 5.89 Å². The van der Waals surface area contributed by atoms with E-state index in [9.17, 15) is 4.39 Å². The van der Waals surface area contributed by atoms with Gasteiger partial charge in [-0.1, -0.05) is 29.3 Å². The molecule has 22 heavy (non-hydrogen) atoms. The molecule has 1 heterocycles. The van der Waals surface area contributed by atoms with Crippen molar-refractivity contribution >= 4 is 23.2 Å². The maximum Gasteiger partial charge on any atom is 0.254 e. The third kappa shape index (κ3) is 3.37. The monoisotopic (exact) mass is 338 g/mol. The standard InChI is InChI=1S/C15H9Cl2FN2O2/c16-10-4-5-13(12(17)7-10)21-8-14-19-20-15(22-14)9-2-1-3-11(18)6-9/h1-7H,8H2. The Balaban J connectivity index is 1.72. The van der Waals surface area contributed by atoms with Gasteiger partial charge in [-0.05, 0) is 36.4 Å².